The minimum Gasteiger partial charge on any atom is -0.497 e. The van der Waals surface area contributed by atoms with E-state index in [-0.39, 0.29) is 5.56 Å². The van der Waals surface area contributed by atoms with E-state index >= 15 is 0 Å². The van der Waals surface area contributed by atoms with Crippen LogP contribution in [0.1, 0.15) is 5.69 Å². The third-order valence-corrected chi connectivity index (χ3v) is 5.08. The van der Waals surface area contributed by atoms with Crippen molar-refractivity contribution in [2.45, 2.75) is 10.9 Å². The number of nitrogens with zero attached hydrogens (tertiary/aromatic N) is 3. The number of hydrogen-bond donors (Lipinski definition) is 1. The Hall–Kier alpha value is -2.32. The van der Waals surface area contributed by atoms with E-state index in [2.05, 4.69) is 30.9 Å². The molecule has 0 radical (unpaired) electrons. The summed E-state index contributed by atoms with van der Waals surface area (Å²) < 4.78 is 7.57. The normalized spacial score (nSPS) is 11.3. The maximum Gasteiger partial charge on any atom is 0.258 e. The lowest BCUT2D eigenvalue weighted by Gasteiger charge is -2.03. The number of thioether (sulfide) groups is 1. The van der Waals surface area contributed by atoms with Gasteiger partial charge in [-0.05, 0) is 40.2 Å². The lowest BCUT2D eigenvalue weighted by atomic mass is 10.3. The second kappa shape index (κ2) is 6.53. The van der Waals surface area contributed by atoms with Crippen molar-refractivity contribution in [3.8, 4) is 5.75 Å². The Morgan fingerprint density at radius 2 is 2.12 bits per heavy atom. The third kappa shape index (κ3) is 3.27. The van der Waals surface area contributed by atoms with Gasteiger partial charge in [-0.15, -0.1) is 0 Å². The Bertz CT molecular complexity index is 1140. The lowest BCUT2D eigenvalue weighted by molar-refractivity contribution is 0.415. The summed E-state index contributed by atoms with van der Waals surface area (Å²) in [7, 11) is 1.63. The summed E-state index contributed by atoms with van der Waals surface area (Å²) in [6.45, 7) is 0. The van der Waals surface area contributed by atoms with E-state index in [0.29, 0.717) is 11.4 Å². The second-order valence-electron chi connectivity index (χ2n) is 5.37. The fourth-order valence-electron chi connectivity index (χ4n) is 2.50. The summed E-state index contributed by atoms with van der Waals surface area (Å²) in [5, 5.41) is 0.779. The van der Waals surface area contributed by atoms with E-state index in [1.54, 1.807) is 19.4 Å². The van der Waals surface area contributed by atoms with Gasteiger partial charge < -0.3 is 9.72 Å². The van der Waals surface area contributed by atoms with Gasteiger partial charge in [0.15, 0.2) is 5.16 Å². The fourth-order valence-corrected chi connectivity index (χ4v) is 3.62. The van der Waals surface area contributed by atoms with E-state index in [4.69, 9.17) is 4.74 Å². The summed E-state index contributed by atoms with van der Waals surface area (Å²) in [5.41, 5.74) is 3.03. The van der Waals surface area contributed by atoms with Crippen LogP contribution in [0.25, 0.3) is 16.7 Å². The van der Waals surface area contributed by atoms with Gasteiger partial charge in [0.05, 0.1) is 23.8 Å². The molecule has 0 spiro atoms. The first-order chi connectivity index (χ1) is 12.1. The van der Waals surface area contributed by atoms with Crippen LogP contribution in [0.15, 0.2) is 57.0 Å². The first-order valence-corrected chi connectivity index (χ1v) is 9.25. The standard InChI is InChI=1S/C17H13BrN4O2S/c1-24-12-3-4-13-14(7-12)21-17(20-13)25-9-11-6-16(23)22-8-10(18)2-5-15(22)19-11/h2-8H,9H2,1H3,(H,20,21). The van der Waals surface area contributed by atoms with Crippen molar-refractivity contribution in [2.75, 3.05) is 7.11 Å². The highest BCUT2D eigenvalue weighted by atomic mass is 79.9. The second-order valence-corrected chi connectivity index (χ2v) is 7.25. The molecule has 25 heavy (non-hydrogen) atoms. The summed E-state index contributed by atoms with van der Waals surface area (Å²) in [4.78, 5) is 24.6. The number of rotatable bonds is 4. The lowest BCUT2D eigenvalue weighted by Crippen LogP contribution is -2.15. The van der Waals surface area contributed by atoms with Gasteiger partial charge >= 0.3 is 0 Å². The topological polar surface area (TPSA) is 72.3 Å². The van der Waals surface area contributed by atoms with Gasteiger partial charge in [0.2, 0.25) is 0 Å². The summed E-state index contributed by atoms with van der Waals surface area (Å²) in [6.07, 6.45) is 1.72. The number of imidazole rings is 1. The molecule has 3 aromatic heterocycles. The molecule has 6 nitrogen and oxygen atoms in total. The molecule has 0 unspecified atom stereocenters. The van der Waals surface area contributed by atoms with Crippen molar-refractivity contribution in [1.82, 2.24) is 19.4 Å². The van der Waals surface area contributed by atoms with Gasteiger partial charge in [0.1, 0.15) is 11.4 Å². The molecular weight excluding hydrogens is 404 g/mol. The van der Waals surface area contributed by atoms with Crippen LogP contribution in [0.5, 0.6) is 5.75 Å². The summed E-state index contributed by atoms with van der Waals surface area (Å²) in [6, 6.07) is 10.9. The molecule has 0 atom stereocenters. The number of pyridine rings is 1. The van der Waals surface area contributed by atoms with E-state index < -0.39 is 0 Å². The molecule has 0 saturated carbocycles. The SMILES string of the molecule is COc1ccc2nc(SCc3cc(=O)n4cc(Br)ccc4n3)[nH]c2c1. The van der Waals surface area contributed by atoms with Crippen molar-refractivity contribution in [2.24, 2.45) is 0 Å². The minimum atomic E-state index is -0.101. The first kappa shape index (κ1) is 16.2. The monoisotopic (exact) mass is 416 g/mol. The molecule has 0 fully saturated rings. The number of methoxy groups -OCH3 is 1. The van der Waals surface area contributed by atoms with Crippen molar-refractivity contribution >= 4 is 44.4 Å². The van der Waals surface area contributed by atoms with Crippen LogP contribution < -0.4 is 10.3 Å². The number of benzene rings is 1. The van der Waals surface area contributed by atoms with Gasteiger partial charge in [0.25, 0.3) is 5.56 Å². The zero-order valence-corrected chi connectivity index (χ0v) is 15.6. The van der Waals surface area contributed by atoms with Crippen LogP contribution in [0, 0.1) is 0 Å². The van der Waals surface area contributed by atoms with Crippen LogP contribution in [-0.2, 0) is 5.75 Å². The number of hydrogen-bond acceptors (Lipinski definition) is 5. The highest BCUT2D eigenvalue weighted by Crippen LogP contribution is 2.25. The Balaban J connectivity index is 1.59. The Kier molecular flexibility index (Phi) is 4.22. The largest absolute Gasteiger partial charge is 0.497 e. The van der Waals surface area contributed by atoms with Crippen LogP contribution in [0.3, 0.4) is 0 Å². The first-order valence-electron chi connectivity index (χ1n) is 7.47. The average molecular weight is 417 g/mol. The van der Waals surface area contributed by atoms with Crippen molar-refractivity contribution in [3.05, 3.63) is 63.1 Å². The molecule has 0 aliphatic heterocycles. The molecule has 4 rings (SSSR count). The molecule has 0 aliphatic rings. The van der Waals surface area contributed by atoms with Gasteiger partial charge in [-0.2, -0.15) is 0 Å². The average Bonchev–Trinajstić information content (AvgIpc) is 3.02. The fraction of sp³-hybridized carbons (Fsp3) is 0.118. The van der Waals surface area contributed by atoms with Crippen molar-refractivity contribution in [3.63, 3.8) is 0 Å². The van der Waals surface area contributed by atoms with Gasteiger partial charge in [-0.1, -0.05) is 11.8 Å². The molecule has 0 bridgehead atoms. The van der Waals surface area contributed by atoms with Gasteiger partial charge in [-0.25, -0.2) is 9.97 Å². The molecule has 1 aromatic carbocycles. The Labute approximate surface area is 155 Å². The molecule has 3 heterocycles. The predicted molar refractivity (Wildman–Crippen MR) is 101 cm³/mol. The maximum atomic E-state index is 12.2. The molecule has 1 N–H and O–H groups in total. The third-order valence-electron chi connectivity index (χ3n) is 3.70. The molecule has 8 heteroatoms. The van der Waals surface area contributed by atoms with Crippen LogP contribution in [0.2, 0.25) is 0 Å². The highest BCUT2D eigenvalue weighted by molar-refractivity contribution is 9.10. The number of fused-ring (bicyclic) bond motifs is 2. The summed E-state index contributed by atoms with van der Waals surface area (Å²) in [5.74, 6) is 1.33. The number of aromatic amines is 1. The van der Waals surface area contributed by atoms with Crippen LogP contribution in [-0.4, -0.2) is 26.5 Å². The van der Waals surface area contributed by atoms with Crippen LogP contribution in [0.4, 0.5) is 0 Å². The minimum absolute atomic E-state index is 0.101. The molecule has 0 aliphatic carbocycles. The Morgan fingerprint density at radius 3 is 2.96 bits per heavy atom. The molecule has 0 amide bonds. The molecule has 126 valence electrons. The van der Waals surface area contributed by atoms with Gasteiger partial charge in [-0.3, -0.25) is 9.20 Å². The smallest absolute Gasteiger partial charge is 0.258 e. The number of halogens is 1. The number of H-pyrrole nitrogens is 1. The van der Waals surface area contributed by atoms with E-state index in [1.165, 1.54) is 16.2 Å². The maximum absolute atomic E-state index is 12.2. The Morgan fingerprint density at radius 1 is 1.24 bits per heavy atom. The molecule has 4 aromatic rings. The zero-order valence-electron chi connectivity index (χ0n) is 13.2. The van der Waals surface area contributed by atoms with Crippen LogP contribution >= 0.6 is 27.7 Å². The van der Waals surface area contributed by atoms with Crippen molar-refractivity contribution in [1.29, 1.82) is 0 Å². The quantitative estimate of drug-likeness (QED) is 0.514. The molecule has 0 saturated heterocycles. The van der Waals surface area contributed by atoms with E-state index in [1.807, 2.05) is 30.3 Å². The zero-order chi connectivity index (χ0) is 17.4. The highest BCUT2D eigenvalue weighted by Gasteiger charge is 2.08. The number of aromatic nitrogens is 4. The van der Waals surface area contributed by atoms with E-state index in [0.717, 1.165) is 32.1 Å². The number of nitrogens with one attached hydrogen (secondary N) is 1. The van der Waals surface area contributed by atoms with E-state index in [9.17, 15) is 4.79 Å². The summed E-state index contributed by atoms with van der Waals surface area (Å²) >= 11 is 4.87. The number of ether oxygens (including phenoxy) is 1. The predicted octanol–water partition coefficient (Wildman–Crippen LogP) is 3.63. The molecular formula is C17H13BrN4O2S. The van der Waals surface area contributed by atoms with Gasteiger partial charge in [0, 0.05) is 28.6 Å². The van der Waals surface area contributed by atoms with Crippen molar-refractivity contribution < 1.29 is 4.74 Å².